The molecule has 0 aromatic rings. The second-order valence-corrected chi connectivity index (χ2v) is 15.4. The third-order valence-corrected chi connectivity index (χ3v) is 9.80. The number of rotatable bonds is 32. The van der Waals surface area contributed by atoms with Gasteiger partial charge >= 0.3 is 5.97 Å². The number of carboxylic acids is 1. The Bertz CT molecular complexity index is 1680. The first-order chi connectivity index (χ1) is 30.0. The Kier molecular flexibility index (Phi) is 27.7. The Labute approximate surface area is 373 Å². The van der Waals surface area contributed by atoms with Crippen LogP contribution in [0.5, 0.6) is 0 Å². The summed E-state index contributed by atoms with van der Waals surface area (Å²) in [7, 11) is 0. The average molecular weight is 933 g/mol. The number of carbonyl (C=O) groups is 11. The van der Waals surface area contributed by atoms with Crippen molar-refractivity contribution in [2.75, 3.05) is 38.2 Å². The number of nitrogens with two attached hydrogens (primary N) is 5. The number of aliphatic carboxylic acids is 1. The van der Waals surface area contributed by atoms with Crippen molar-refractivity contribution >= 4 is 82.8 Å². The highest BCUT2D eigenvalue weighted by molar-refractivity contribution is 7.98. The number of carboxylic acid groups (broad SMARTS) is 1. The third-order valence-electron chi connectivity index (χ3n) is 9.16. The maximum Gasteiger partial charge on any atom is 0.322 e. The number of aliphatic hydroxyl groups excluding tert-OH is 1. The fourth-order valence-electron chi connectivity index (χ4n) is 5.27. The van der Waals surface area contributed by atoms with E-state index in [4.69, 9.17) is 33.8 Å². The molecule has 10 amide bonds. The van der Waals surface area contributed by atoms with E-state index < -0.39 is 133 Å². The number of nitrogens with zero attached hydrogens (tertiary/aromatic N) is 1. The van der Waals surface area contributed by atoms with Crippen molar-refractivity contribution < 1.29 is 63.0 Å². The van der Waals surface area contributed by atoms with Crippen LogP contribution in [0.15, 0.2) is 4.99 Å². The van der Waals surface area contributed by atoms with Gasteiger partial charge in [-0.05, 0) is 50.5 Å². The minimum Gasteiger partial charge on any atom is -0.480 e. The summed E-state index contributed by atoms with van der Waals surface area (Å²) in [5.41, 5.74) is 27.5. The topological polar surface area (TPSA) is 467 Å². The molecule has 0 aliphatic heterocycles. The first-order valence-corrected chi connectivity index (χ1v) is 21.4. The number of hydrogen-bond acceptors (Lipinski definition) is 15. The number of nitrogens with one attached hydrogen (secondary N) is 8. The van der Waals surface area contributed by atoms with Crippen molar-refractivity contribution in [3.05, 3.63) is 0 Å². The van der Waals surface area contributed by atoms with Gasteiger partial charge in [-0.1, -0.05) is 20.3 Å². The van der Waals surface area contributed by atoms with Gasteiger partial charge in [0.15, 0.2) is 5.96 Å². The molecule has 0 aromatic heterocycles. The van der Waals surface area contributed by atoms with E-state index in [9.17, 15) is 57.8 Å². The zero-order valence-electron chi connectivity index (χ0n) is 36.2. The lowest BCUT2D eigenvalue weighted by atomic mass is 9.98. The quantitative estimate of drug-likeness (QED) is 0.0169. The molecule has 0 unspecified atom stereocenters. The van der Waals surface area contributed by atoms with Gasteiger partial charge in [-0.25, -0.2) is 0 Å². The van der Waals surface area contributed by atoms with Gasteiger partial charge in [0.25, 0.3) is 0 Å². The molecule has 0 radical (unpaired) electrons. The van der Waals surface area contributed by atoms with Crippen LogP contribution in [0.3, 0.4) is 0 Å². The Morgan fingerprint density at radius 3 is 1.66 bits per heavy atom. The monoisotopic (exact) mass is 932 g/mol. The number of aliphatic hydroxyl groups is 1. The van der Waals surface area contributed by atoms with Gasteiger partial charge in [-0.15, -0.1) is 0 Å². The molecule has 362 valence electrons. The van der Waals surface area contributed by atoms with E-state index in [1.165, 1.54) is 18.7 Å². The van der Waals surface area contributed by atoms with Crippen molar-refractivity contribution in [2.24, 2.45) is 39.6 Å². The molecule has 0 saturated carbocycles. The summed E-state index contributed by atoms with van der Waals surface area (Å²) in [4.78, 5) is 143. The van der Waals surface area contributed by atoms with Gasteiger partial charge in [0.05, 0.1) is 25.6 Å². The summed E-state index contributed by atoms with van der Waals surface area (Å²) in [5.74, 6) is -10.9. The second-order valence-electron chi connectivity index (χ2n) is 14.4. The highest BCUT2D eigenvalue weighted by Gasteiger charge is 2.33. The summed E-state index contributed by atoms with van der Waals surface area (Å²) in [6.07, 6.45) is 0.681. The predicted octanol–water partition coefficient (Wildman–Crippen LogP) is -7.45. The predicted molar refractivity (Wildman–Crippen MR) is 231 cm³/mol. The SMILES string of the molecule is CC[C@H](C)[C@H](N)C(=O)N[C@@H](CCC(N)=O)C(=O)N[C@@H](CC(N)=O)C(=O)N[C@@H](CCCN=C(N)N)C(=O)N[C@@H](CCSC)C(=O)NCC(=O)N[C@@H](CO)C(=O)N[C@@H](C)C(=O)NCC(=O)O. The Morgan fingerprint density at radius 1 is 0.625 bits per heavy atom. The lowest BCUT2D eigenvalue weighted by Crippen LogP contribution is -2.60. The van der Waals surface area contributed by atoms with E-state index in [1.54, 1.807) is 20.1 Å². The molecule has 0 rings (SSSR count). The Balaban J connectivity index is 6.21. The van der Waals surface area contributed by atoms with Crippen LogP contribution < -0.4 is 71.2 Å². The molecule has 0 spiro atoms. The Hall–Kier alpha value is -6.29. The van der Waals surface area contributed by atoms with Crippen LogP contribution in [0.4, 0.5) is 0 Å². The van der Waals surface area contributed by atoms with Crippen molar-refractivity contribution in [2.45, 2.75) is 108 Å². The molecule has 0 heterocycles. The van der Waals surface area contributed by atoms with Crippen LogP contribution in [0.2, 0.25) is 0 Å². The lowest BCUT2D eigenvalue weighted by Gasteiger charge is -2.27. The molecule has 0 aromatic carbocycles. The van der Waals surface area contributed by atoms with E-state index >= 15 is 0 Å². The average Bonchev–Trinajstić information content (AvgIpc) is 3.23. The number of hydrogen-bond donors (Lipinski definition) is 15. The molecule has 0 saturated heterocycles. The van der Waals surface area contributed by atoms with E-state index in [0.29, 0.717) is 12.2 Å². The zero-order valence-corrected chi connectivity index (χ0v) is 37.0. The van der Waals surface area contributed by atoms with Crippen molar-refractivity contribution in [3.8, 4) is 0 Å². The van der Waals surface area contributed by atoms with Gasteiger partial charge < -0.3 is 81.4 Å². The lowest BCUT2D eigenvalue weighted by molar-refractivity contribution is -0.138. The number of amides is 10. The van der Waals surface area contributed by atoms with Crippen molar-refractivity contribution in [1.82, 2.24) is 42.5 Å². The minimum absolute atomic E-state index is 0.00200. The minimum atomic E-state index is -1.73. The summed E-state index contributed by atoms with van der Waals surface area (Å²) < 4.78 is 0. The molecular formula is C36H64N14O13S. The van der Waals surface area contributed by atoms with E-state index in [2.05, 4.69) is 47.5 Å². The van der Waals surface area contributed by atoms with Crippen LogP contribution >= 0.6 is 11.8 Å². The number of primary amides is 2. The smallest absolute Gasteiger partial charge is 0.322 e. The largest absolute Gasteiger partial charge is 0.480 e. The summed E-state index contributed by atoms with van der Waals surface area (Å²) in [6, 6.07) is -9.87. The molecule has 20 N–H and O–H groups in total. The summed E-state index contributed by atoms with van der Waals surface area (Å²) in [6.45, 7) is 2.30. The summed E-state index contributed by atoms with van der Waals surface area (Å²) in [5, 5.41) is 36.8. The third kappa shape index (κ3) is 23.8. The molecule has 27 nitrogen and oxygen atoms in total. The normalized spacial score (nSPS) is 14.5. The van der Waals surface area contributed by atoms with Gasteiger partial charge in [0, 0.05) is 13.0 Å². The molecule has 0 aliphatic rings. The van der Waals surface area contributed by atoms with E-state index in [-0.39, 0.29) is 50.5 Å². The fourth-order valence-corrected chi connectivity index (χ4v) is 5.74. The second kappa shape index (κ2) is 30.7. The zero-order chi connectivity index (χ0) is 49.1. The number of aliphatic imine (C=N–C) groups is 1. The first kappa shape index (κ1) is 57.7. The van der Waals surface area contributed by atoms with Crippen LogP contribution in [0.25, 0.3) is 0 Å². The highest BCUT2D eigenvalue weighted by Crippen LogP contribution is 2.09. The van der Waals surface area contributed by atoms with E-state index in [1.807, 2.05) is 0 Å². The van der Waals surface area contributed by atoms with Gasteiger partial charge in [-0.3, -0.25) is 57.7 Å². The van der Waals surface area contributed by atoms with Crippen molar-refractivity contribution in [1.29, 1.82) is 0 Å². The van der Waals surface area contributed by atoms with E-state index in [0.717, 1.165) is 0 Å². The maximum absolute atomic E-state index is 13.8. The standard InChI is InChI=1S/C36H64N14O13S/c1-5-17(2)28(39)35(63)49-20(8-9-24(37)52)32(60)50-22(13-25(38)53)33(61)47-19(7-6-11-42-36(40)41)31(59)48-21(10-12-64-4)30(58)43-14-26(54)46-23(16-51)34(62)45-18(3)29(57)44-15-27(55)56/h17-23,28,51H,5-16,39H2,1-4H3,(H2,37,52)(H2,38,53)(H,43,58)(H,44,57)(H,45,62)(H,46,54)(H,47,61)(H,48,59)(H,49,63)(H,50,60)(H,55,56)(H4,40,41,42)/t17-,18-,19-,20-,21-,22-,23-,28-/m0/s1. The van der Waals surface area contributed by atoms with Gasteiger partial charge in [0.2, 0.25) is 59.1 Å². The van der Waals surface area contributed by atoms with Crippen LogP contribution in [-0.4, -0.2) is 162 Å². The maximum atomic E-state index is 13.8. The molecule has 8 atom stereocenters. The van der Waals surface area contributed by atoms with Crippen molar-refractivity contribution in [3.63, 3.8) is 0 Å². The van der Waals surface area contributed by atoms with Crippen LogP contribution in [0.1, 0.15) is 65.7 Å². The number of guanidine groups is 1. The molecule has 28 heteroatoms. The van der Waals surface area contributed by atoms with Crippen LogP contribution in [0, 0.1) is 5.92 Å². The molecule has 0 bridgehead atoms. The Morgan fingerprint density at radius 2 is 1.14 bits per heavy atom. The molecular weight excluding hydrogens is 869 g/mol. The highest BCUT2D eigenvalue weighted by atomic mass is 32.2. The van der Waals surface area contributed by atoms with Gasteiger partial charge in [0.1, 0.15) is 42.8 Å². The molecule has 0 fully saturated rings. The number of thioether (sulfide) groups is 1. The molecule has 0 aliphatic carbocycles. The first-order valence-electron chi connectivity index (χ1n) is 20.0. The number of carbonyl (C=O) groups excluding carboxylic acids is 10. The summed E-state index contributed by atoms with van der Waals surface area (Å²) >= 11 is 1.30. The van der Waals surface area contributed by atoms with Crippen LogP contribution in [-0.2, 0) is 52.7 Å². The fraction of sp³-hybridized carbons (Fsp3) is 0.667. The molecule has 64 heavy (non-hydrogen) atoms. The van der Waals surface area contributed by atoms with Gasteiger partial charge in [-0.2, -0.15) is 11.8 Å².